The molecule has 4 rings (SSSR count). The molecule has 1 fully saturated rings. The second-order valence-corrected chi connectivity index (χ2v) is 7.93. The molecule has 2 aliphatic rings. The molecular formula is C23H25N3O4. The number of fused-ring (bicyclic) bond motifs is 1. The van der Waals surface area contributed by atoms with Crippen molar-refractivity contribution >= 4 is 23.5 Å². The van der Waals surface area contributed by atoms with Crippen LogP contribution in [0.25, 0.3) is 0 Å². The Morgan fingerprint density at radius 1 is 1.13 bits per heavy atom. The number of methoxy groups -OCH3 is 1. The van der Waals surface area contributed by atoms with Gasteiger partial charge in [-0.25, -0.2) is 4.79 Å². The van der Waals surface area contributed by atoms with Gasteiger partial charge in [0.05, 0.1) is 7.11 Å². The Morgan fingerprint density at radius 3 is 2.60 bits per heavy atom. The van der Waals surface area contributed by atoms with Gasteiger partial charge in [0.25, 0.3) is 5.91 Å². The van der Waals surface area contributed by atoms with Crippen molar-refractivity contribution in [2.75, 3.05) is 25.1 Å². The lowest BCUT2D eigenvalue weighted by atomic mass is 9.93. The number of carbonyl (C=O) groups excluding carboxylic acids is 3. The van der Waals surface area contributed by atoms with Crippen LogP contribution in [-0.4, -0.2) is 48.5 Å². The fourth-order valence-electron chi connectivity index (χ4n) is 4.06. The van der Waals surface area contributed by atoms with Crippen molar-refractivity contribution in [3.8, 4) is 5.75 Å². The highest BCUT2D eigenvalue weighted by Gasteiger charge is 2.48. The Morgan fingerprint density at radius 2 is 1.87 bits per heavy atom. The summed E-state index contributed by atoms with van der Waals surface area (Å²) in [6.45, 7) is 2.03. The van der Waals surface area contributed by atoms with Crippen molar-refractivity contribution < 1.29 is 19.1 Å². The number of aryl methyl sites for hydroxylation is 1. The van der Waals surface area contributed by atoms with Crippen LogP contribution < -0.4 is 15.0 Å². The molecule has 2 heterocycles. The number of benzene rings is 2. The zero-order chi connectivity index (χ0) is 21.3. The predicted molar refractivity (Wildman–Crippen MR) is 112 cm³/mol. The quantitative estimate of drug-likeness (QED) is 0.747. The fourth-order valence-corrected chi connectivity index (χ4v) is 4.06. The van der Waals surface area contributed by atoms with Gasteiger partial charge in [0.15, 0.2) is 0 Å². The molecule has 0 aliphatic carbocycles. The van der Waals surface area contributed by atoms with Crippen molar-refractivity contribution in [2.45, 2.75) is 31.7 Å². The minimum absolute atomic E-state index is 0.247. The SMILES string of the molecule is COc1ccc(CCC2(C)NC(=O)N(CC(=O)N3CCc4ccccc43)C2=O)cc1. The molecule has 1 atom stereocenters. The van der Waals surface area contributed by atoms with E-state index in [2.05, 4.69) is 5.32 Å². The summed E-state index contributed by atoms with van der Waals surface area (Å²) in [4.78, 5) is 41.0. The lowest BCUT2D eigenvalue weighted by molar-refractivity contribution is -0.134. The predicted octanol–water partition coefficient (Wildman–Crippen LogP) is 2.53. The number of rotatable bonds is 6. The molecule has 1 unspecified atom stereocenters. The van der Waals surface area contributed by atoms with Crippen molar-refractivity contribution in [3.05, 3.63) is 59.7 Å². The normalized spacial score (nSPS) is 20.3. The minimum Gasteiger partial charge on any atom is -0.497 e. The van der Waals surface area contributed by atoms with E-state index in [0.717, 1.165) is 33.9 Å². The number of hydrogen-bond donors (Lipinski definition) is 1. The van der Waals surface area contributed by atoms with Crippen LogP contribution in [0, 0.1) is 0 Å². The summed E-state index contributed by atoms with van der Waals surface area (Å²) in [7, 11) is 1.61. The number of para-hydroxylation sites is 1. The van der Waals surface area contributed by atoms with Gasteiger partial charge in [0.2, 0.25) is 5.91 Å². The Balaban J connectivity index is 1.41. The largest absolute Gasteiger partial charge is 0.497 e. The second-order valence-electron chi connectivity index (χ2n) is 7.93. The average molecular weight is 407 g/mol. The number of hydrogen-bond acceptors (Lipinski definition) is 4. The van der Waals surface area contributed by atoms with Gasteiger partial charge in [-0.15, -0.1) is 0 Å². The van der Waals surface area contributed by atoms with E-state index in [0.29, 0.717) is 19.4 Å². The second kappa shape index (κ2) is 7.82. The number of anilines is 1. The maximum Gasteiger partial charge on any atom is 0.325 e. The summed E-state index contributed by atoms with van der Waals surface area (Å²) in [5.74, 6) is 0.160. The van der Waals surface area contributed by atoms with E-state index in [9.17, 15) is 14.4 Å². The Kier molecular flexibility index (Phi) is 5.20. The first-order valence-corrected chi connectivity index (χ1v) is 10.1. The van der Waals surface area contributed by atoms with Crippen LogP contribution in [0.3, 0.4) is 0 Å². The first kappa shape index (κ1) is 19.9. The molecule has 7 heteroatoms. The zero-order valence-electron chi connectivity index (χ0n) is 17.2. The van der Waals surface area contributed by atoms with E-state index in [1.807, 2.05) is 48.5 Å². The third-order valence-corrected chi connectivity index (χ3v) is 5.90. The van der Waals surface area contributed by atoms with E-state index < -0.39 is 11.6 Å². The van der Waals surface area contributed by atoms with Gasteiger partial charge in [0, 0.05) is 12.2 Å². The molecule has 0 aromatic heterocycles. The minimum atomic E-state index is -1.03. The lowest BCUT2D eigenvalue weighted by Gasteiger charge is -2.23. The molecule has 0 saturated carbocycles. The number of imide groups is 1. The highest BCUT2D eigenvalue weighted by atomic mass is 16.5. The molecule has 4 amide bonds. The first-order chi connectivity index (χ1) is 14.4. The molecule has 156 valence electrons. The van der Waals surface area contributed by atoms with Crippen LogP contribution in [-0.2, 0) is 22.4 Å². The highest BCUT2D eigenvalue weighted by Crippen LogP contribution is 2.29. The Bertz CT molecular complexity index is 988. The molecule has 2 aromatic carbocycles. The van der Waals surface area contributed by atoms with Crippen LogP contribution >= 0.6 is 0 Å². The molecule has 30 heavy (non-hydrogen) atoms. The van der Waals surface area contributed by atoms with Gasteiger partial charge in [-0.1, -0.05) is 30.3 Å². The topological polar surface area (TPSA) is 79.0 Å². The summed E-state index contributed by atoms with van der Waals surface area (Å²) in [5.41, 5.74) is 1.98. The van der Waals surface area contributed by atoms with Crippen molar-refractivity contribution in [2.24, 2.45) is 0 Å². The number of amides is 4. The summed E-state index contributed by atoms with van der Waals surface area (Å²) in [6, 6.07) is 14.8. The maximum absolute atomic E-state index is 13.0. The first-order valence-electron chi connectivity index (χ1n) is 10.1. The van der Waals surface area contributed by atoms with Gasteiger partial charge in [-0.2, -0.15) is 0 Å². The monoisotopic (exact) mass is 407 g/mol. The third-order valence-electron chi connectivity index (χ3n) is 5.90. The van der Waals surface area contributed by atoms with Gasteiger partial charge < -0.3 is 15.0 Å². The Hall–Kier alpha value is -3.35. The molecule has 7 nitrogen and oxygen atoms in total. The van der Waals surface area contributed by atoms with E-state index in [-0.39, 0.29) is 18.4 Å². The van der Waals surface area contributed by atoms with Gasteiger partial charge in [-0.3, -0.25) is 14.5 Å². The average Bonchev–Trinajstić information content (AvgIpc) is 3.28. The molecule has 0 radical (unpaired) electrons. The van der Waals surface area contributed by atoms with E-state index in [4.69, 9.17) is 4.74 Å². The standard InChI is InChI=1S/C23H25N3O4/c1-23(13-11-16-7-9-18(30-2)10-8-16)21(28)26(22(29)24-23)15-20(27)25-14-12-17-5-3-4-6-19(17)25/h3-10H,11-15H2,1-2H3,(H,24,29). The Labute approximate surface area is 175 Å². The summed E-state index contributed by atoms with van der Waals surface area (Å²) >= 11 is 0. The lowest BCUT2D eigenvalue weighted by Crippen LogP contribution is -2.46. The number of nitrogens with zero attached hydrogens (tertiary/aromatic N) is 2. The van der Waals surface area contributed by atoms with Crippen molar-refractivity contribution in [3.63, 3.8) is 0 Å². The van der Waals surface area contributed by atoms with E-state index >= 15 is 0 Å². The molecule has 1 saturated heterocycles. The van der Waals surface area contributed by atoms with Gasteiger partial charge >= 0.3 is 6.03 Å². The van der Waals surface area contributed by atoms with Crippen LogP contribution in [0.4, 0.5) is 10.5 Å². The van der Waals surface area contributed by atoms with Gasteiger partial charge in [0.1, 0.15) is 17.8 Å². The third kappa shape index (κ3) is 3.63. The molecule has 2 aromatic rings. The van der Waals surface area contributed by atoms with Crippen LogP contribution in [0.5, 0.6) is 5.75 Å². The summed E-state index contributed by atoms with van der Waals surface area (Å²) in [5, 5.41) is 2.78. The van der Waals surface area contributed by atoms with E-state index in [1.54, 1.807) is 18.9 Å². The molecular weight excluding hydrogens is 382 g/mol. The van der Waals surface area contributed by atoms with Crippen LogP contribution in [0.1, 0.15) is 24.5 Å². The number of ether oxygens (including phenoxy) is 1. The van der Waals surface area contributed by atoms with Crippen molar-refractivity contribution in [1.82, 2.24) is 10.2 Å². The van der Waals surface area contributed by atoms with Crippen molar-refractivity contribution in [1.29, 1.82) is 0 Å². The van der Waals surface area contributed by atoms with E-state index in [1.165, 1.54) is 0 Å². The zero-order valence-corrected chi connectivity index (χ0v) is 17.2. The van der Waals surface area contributed by atoms with Crippen LogP contribution in [0.2, 0.25) is 0 Å². The fraction of sp³-hybridized carbons (Fsp3) is 0.348. The molecule has 1 N–H and O–H groups in total. The number of urea groups is 1. The number of carbonyl (C=O) groups is 3. The molecule has 2 aliphatic heterocycles. The smallest absolute Gasteiger partial charge is 0.325 e. The van der Waals surface area contributed by atoms with Crippen LogP contribution in [0.15, 0.2) is 48.5 Å². The summed E-state index contributed by atoms with van der Waals surface area (Å²) < 4.78 is 5.16. The molecule has 0 bridgehead atoms. The highest BCUT2D eigenvalue weighted by molar-refractivity contribution is 6.10. The van der Waals surface area contributed by atoms with Gasteiger partial charge in [-0.05, 0) is 55.5 Å². The maximum atomic E-state index is 13.0. The summed E-state index contributed by atoms with van der Waals surface area (Å²) in [6.07, 6.45) is 1.84. The molecule has 0 spiro atoms. The number of nitrogens with one attached hydrogen (secondary N) is 1.